The molecule has 1 aliphatic rings. The molecule has 80 valence electrons. The van der Waals surface area contributed by atoms with Crippen LogP contribution in [0, 0.1) is 5.92 Å². The molecule has 5 heteroatoms. The van der Waals surface area contributed by atoms with Crippen LogP contribution in [0.2, 0.25) is 0 Å². The fraction of sp³-hybridized carbons (Fsp3) is 0.778. The molecule has 0 saturated carbocycles. The SMILES string of the molecule is CC(C(=O)NC1(C)CCOC1)C(N)=S. The van der Waals surface area contributed by atoms with Crippen LogP contribution < -0.4 is 11.1 Å². The maximum atomic E-state index is 11.6. The van der Waals surface area contributed by atoms with Crippen LogP contribution in [0.25, 0.3) is 0 Å². The standard InChI is InChI=1S/C9H16N2O2S/c1-6(7(10)14)8(12)11-9(2)3-4-13-5-9/h6H,3-5H2,1-2H3,(H2,10,14)(H,11,12). The average Bonchev–Trinajstić information content (AvgIpc) is 2.50. The summed E-state index contributed by atoms with van der Waals surface area (Å²) in [4.78, 5) is 11.8. The van der Waals surface area contributed by atoms with Crippen molar-refractivity contribution in [2.45, 2.75) is 25.8 Å². The molecule has 1 rings (SSSR count). The van der Waals surface area contributed by atoms with Crippen LogP contribution >= 0.6 is 12.2 Å². The number of ether oxygens (including phenoxy) is 1. The van der Waals surface area contributed by atoms with Gasteiger partial charge in [0.15, 0.2) is 0 Å². The van der Waals surface area contributed by atoms with E-state index in [9.17, 15) is 4.79 Å². The highest BCUT2D eigenvalue weighted by Gasteiger charge is 2.32. The van der Waals surface area contributed by atoms with E-state index in [1.807, 2.05) is 6.92 Å². The van der Waals surface area contributed by atoms with E-state index in [-0.39, 0.29) is 16.4 Å². The summed E-state index contributed by atoms with van der Waals surface area (Å²) < 4.78 is 5.22. The number of carbonyl (C=O) groups excluding carboxylic acids is 1. The van der Waals surface area contributed by atoms with Gasteiger partial charge in [-0.15, -0.1) is 0 Å². The number of amides is 1. The highest BCUT2D eigenvalue weighted by molar-refractivity contribution is 7.80. The summed E-state index contributed by atoms with van der Waals surface area (Å²) in [7, 11) is 0. The van der Waals surface area contributed by atoms with Crippen molar-refractivity contribution < 1.29 is 9.53 Å². The Morgan fingerprint density at radius 3 is 2.79 bits per heavy atom. The average molecular weight is 216 g/mol. The molecule has 0 bridgehead atoms. The number of carbonyl (C=O) groups is 1. The van der Waals surface area contributed by atoms with E-state index in [0.717, 1.165) is 6.42 Å². The molecular formula is C9H16N2O2S. The van der Waals surface area contributed by atoms with Gasteiger partial charge in [0.25, 0.3) is 0 Å². The predicted octanol–water partition coefficient (Wildman–Crippen LogP) is 0.204. The van der Waals surface area contributed by atoms with Crippen molar-refractivity contribution in [1.29, 1.82) is 0 Å². The molecule has 0 aliphatic carbocycles. The smallest absolute Gasteiger partial charge is 0.230 e. The molecule has 0 spiro atoms. The zero-order valence-corrected chi connectivity index (χ0v) is 9.32. The molecule has 0 radical (unpaired) electrons. The molecule has 4 nitrogen and oxygen atoms in total. The fourth-order valence-corrected chi connectivity index (χ4v) is 1.41. The van der Waals surface area contributed by atoms with E-state index in [0.29, 0.717) is 13.2 Å². The summed E-state index contributed by atoms with van der Waals surface area (Å²) in [6.07, 6.45) is 0.836. The molecule has 0 aromatic carbocycles. The Morgan fingerprint density at radius 2 is 2.36 bits per heavy atom. The van der Waals surface area contributed by atoms with Crippen molar-refractivity contribution in [3.8, 4) is 0 Å². The molecule has 1 amide bonds. The van der Waals surface area contributed by atoms with Gasteiger partial charge >= 0.3 is 0 Å². The number of nitrogens with one attached hydrogen (secondary N) is 1. The van der Waals surface area contributed by atoms with Crippen LogP contribution in [0.4, 0.5) is 0 Å². The second kappa shape index (κ2) is 4.23. The van der Waals surface area contributed by atoms with Crippen molar-refractivity contribution in [3.63, 3.8) is 0 Å². The molecule has 2 unspecified atom stereocenters. The summed E-state index contributed by atoms with van der Waals surface area (Å²) in [6.45, 7) is 4.92. The van der Waals surface area contributed by atoms with Crippen LogP contribution in [-0.2, 0) is 9.53 Å². The van der Waals surface area contributed by atoms with Gasteiger partial charge in [-0.05, 0) is 20.3 Å². The minimum Gasteiger partial charge on any atom is -0.393 e. The Labute approximate surface area is 89.2 Å². The number of nitrogens with two attached hydrogens (primary N) is 1. The largest absolute Gasteiger partial charge is 0.393 e. The second-order valence-corrected chi connectivity index (χ2v) is 4.45. The summed E-state index contributed by atoms with van der Waals surface area (Å²) in [5.74, 6) is -0.534. The van der Waals surface area contributed by atoms with Gasteiger partial charge in [0, 0.05) is 6.61 Å². The van der Waals surface area contributed by atoms with Gasteiger partial charge in [-0.25, -0.2) is 0 Å². The highest BCUT2D eigenvalue weighted by Crippen LogP contribution is 2.18. The monoisotopic (exact) mass is 216 g/mol. The molecule has 1 heterocycles. The lowest BCUT2D eigenvalue weighted by Crippen LogP contribution is -2.50. The first-order valence-electron chi connectivity index (χ1n) is 4.64. The lowest BCUT2D eigenvalue weighted by atomic mass is 10.0. The van der Waals surface area contributed by atoms with Crippen molar-refractivity contribution in [2.24, 2.45) is 11.7 Å². The van der Waals surface area contributed by atoms with Gasteiger partial charge in [-0.2, -0.15) is 0 Å². The first-order chi connectivity index (χ1) is 6.44. The second-order valence-electron chi connectivity index (χ2n) is 3.98. The zero-order valence-electron chi connectivity index (χ0n) is 8.50. The van der Waals surface area contributed by atoms with Crippen LogP contribution in [0.5, 0.6) is 0 Å². The van der Waals surface area contributed by atoms with Crippen molar-refractivity contribution >= 4 is 23.1 Å². The molecule has 0 aromatic rings. The number of hydrogen-bond acceptors (Lipinski definition) is 3. The minimum atomic E-state index is -0.414. The molecule has 1 aliphatic heterocycles. The predicted molar refractivity (Wildman–Crippen MR) is 57.9 cm³/mol. The molecule has 1 saturated heterocycles. The molecular weight excluding hydrogens is 200 g/mol. The third kappa shape index (κ3) is 2.65. The Balaban J connectivity index is 2.51. The Bertz CT molecular complexity index is 249. The van der Waals surface area contributed by atoms with E-state index in [1.54, 1.807) is 6.92 Å². The Kier molecular flexibility index (Phi) is 3.44. The van der Waals surface area contributed by atoms with Gasteiger partial charge in [-0.3, -0.25) is 4.79 Å². The van der Waals surface area contributed by atoms with Gasteiger partial charge < -0.3 is 15.8 Å². The van der Waals surface area contributed by atoms with Crippen molar-refractivity contribution in [2.75, 3.05) is 13.2 Å². The van der Waals surface area contributed by atoms with E-state index in [1.165, 1.54) is 0 Å². The topological polar surface area (TPSA) is 64.3 Å². The van der Waals surface area contributed by atoms with Crippen molar-refractivity contribution in [1.82, 2.24) is 5.32 Å². The van der Waals surface area contributed by atoms with Crippen molar-refractivity contribution in [3.05, 3.63) is 0 Å². The van der Waals surface area contributed by atoms with E-state index >= 15 is 0 Å². The lowest BCUT2D eigenvalue weighted by Gasteiger charge is -2.25. The van der Waals surface area contributed by atoms with E-state index in [2.05, 4.69) is 5.32 Å². The maximum Gasteiger partial charge on any atom is 0.230 e. The van der Waals surface area contributed by atoms with E-state index in [4.69, 9.17) is 22.7 Å². The molecule has 2 atom stereocenters. The third-order valence-corrected chi connectivity index (χ3v) is 2.82. The quantitative estimate of drug-likeness (QED) is 0.662. The van der Waals surface area contributed by atoms with Gasteiger partial charge in [0.1, 0.15) is 0 Å². The van der Waals surface area contributed by atoms with Gasteiger partial charge in [0.05, 0.1) is 23.1 Å². The third-order valence-electron chi connectivity index (χ3n) is 2.46. The normalized spacial score (nSPS) is 28.4. The van der Waals surface area contributed by atoms with Gasteiger partial charge in [-0.1, -0.05) is 12.2 Å². The molecule has 0 aromatic heterocycles. The highest BCUT2D eigenvalue weighted by atomic mass is 32.1. The van der Waals surface area contributed by atoms with Crippen LogP contribution in [-0.4, -0.2) is 29.6 Å². The Hall–Kier alpha value is -0.680. The summed E-state index contributed by atoms with van der Waals surface area (Å²) >= 11 is 4.76. The zero-order chi connectivity index (χ0) is 10.8. The summed E-state index contributed by atoms with van der Waals surface area (Å²) in [5, 5.41) is 2.90. The molecule has 1 fully saturated rings. The number of hydrogen-bond donors (Lipinski definition) is 2. The Morgan fingerprint density at radius 1 is 1.71 bits per heavy atom. The molecule has 14 heavy (non-hydrogen) atoms. The summed E-state index contributed by atoms with van der Waals surface area (Å²) in [6, 6.07) is 0. The first-order valence-corrected chi connectivity index (χ1v) is 5.04. The van der Waals surface area contributed by atoms with Gasteiger partial charge in [0.2, 0.25) is 5.91 Å². The number of thiocarbonyl (C=S) groups is 1. The van der Waals surface area contributed by atoms with Crippen LogP contribution in [0.3, 0.4) is 0 Å². The van der Waals surface area contributed by atoms with Crippen LogP contribution in [0.1, 0.15) is 20.3 Å². The first kappa shape index (κ1) is 11.4. The van der Waals surface area contributed by atoms with E-state index < -0.39 is 5.92 Å². The summed E-state index contributed by atoms with van der Waals surface area (Å²) in [5.41, 5.74) is 5.14. The minimum absolute atomic E-state index is 0.120. The number of rotatable bonds is 3. The fourth-order valence-electron chi connectivity index (χ4n) is 1.30. The maximum absolute atomic E-state index is 11.6. The van der Waals surface area contributed by atoms with Crippen LogP contribution in [0.15, 0.2) is 0 Å². The lowest BCUT2D eigenvalue weighted by molar-refractivity contribution is -0.124. The molecule has 3 N–H and O–H groups in total.